The van der Waals surface area contributed by atoms with Crippen LogP contribution in [0.3, 0.4) is 0 Å². The quantitative estimate of drug-likeness (QED) is 0.409. The molecule has 2 saturated carbocycles. The summed E-state index contributed by atoms with van der Waals surface area (Å²) in [7, 11) is -3.61. The van der Waals surface area contributed by atoms with E-state index in [1.165, 1.54) is 30.0 Å². The smallest absolute Gasteiger partial charge is 0.344 e. The molecule has 0 N–H and O–H groups in total. The highest BCUT2D eigenvalue weighted by Gasteiger charge is 2.38. The van der Waals surface area contributed by atoms with Crippen LogP contribution in [0.1, 0.15) is 54.1 Å². The number of carbonyl (C=O) groups is 2. The predicted molar refractivity (Wildman–Crippen MR) is 120 cm³/mol. The number of thioether (sulfide) groups is 1. The van der Waals surface area contributed by atoms with E-state index in [0.29, 0.717) is 22.9 Å². The second kappa shape index (κ2) is 8.52. The maximum atomic E-state index is 13.0. The van der Waals surface area contributed by atoms with Crippen molar-refractivity contribution in [1.29, 1.82) is 0 Å². The number of sulfone groups is 1. The number of hydrogen-bond acceptors (Lipinski definition) is 9. The van der Waals surface area contributed by atoms with Crippen LogP contribution in [-0.4, -0.2) is 46.6 Å². The van der Waals surface area contributed by atoms with Gasteiger partial charge in [0.25, 0.3) is 0 Å². The van der Waals surface area contributed by atoms with Crippen LogP contribution < -0.4 is 0 Å². The van der Waals surface area contributed by atoms with Crippen molar-refractivity contribution in [2.75, 3.05) is 6.26 Å². The molecule has 0 aliphatic heterocycles. The third kappa shape index (κ3) is 4.45. The Morgan fingerprint density at radius 3 is 2.73 bits per heavy atom. The molecule has 2 aromatic rings. The fourth-order valence-corrected chi connectivity index (χ4v) is 6.82. The number of fused-ring (bicyclic) bond motifs is 2. The van der Waals surface area contributed by atoms with Crippen LogP contribution in [0.25, 0.3) is 0 Å². The van der Waals surface area contributed by atoms with Crippen molar-refractivity contribution in [3.05, 3.63) is 40.1 Å². The summed E-state index contributed by atoms with van der Waals surface area (Å²) in [6.45, 7) is 0. The van der Waals surface area contributed by atoms with Gasteiger partial charge in [-0.05, 0) is 54.7 Å². The molecule has 2 atom stereocenters. The Morgan fingerprint density at radius 2 is 2.00 bits per heavy atom. The number of ketones is 1. The summed E-state index contributed by atoms with van der Waals surface area (Å²) >= 11 is 7.83. The van der Waals surface area contributed by atoms with Gasteiger partial charge < -0.3 is 4.74 Å². The van der Waals surface area contributed by atoms with E-state index in [0.717, 1.165) is 31.9 Å². The lowest BCUT2D eigenvalue weighted by Crippen LogP contribution is -2.19. The van der Waals surface area contributed by atoms with E-state index in [4.69, 9.17) is 16.3 Å². The highest BCUT2D eigenvalue weighted by molar-refractivity contribution is 7.98. The maximum absolute atomic E-state index is 13.0. The minimum absolute atomic E-state index is 0.00732. The topological polar surface area (TPSA) is 121 Å². The number of tetrazole rings is 1. The van der Waals surface area contributed by atoms with Crippen molar-refractivity contribution in [3.8, 4) is 0 Å². The molecule has 174 valence electrons. The second-order valence-corrected chi connectivity index (χ2v) is 12.0. The summed E-state index contributed by atoms with van der Waals surface area (Å²) in [5.74, 6) is -0.149. The van der Waals surface area contributed by atoms with Crippen molar-refractivity contribution in [2.24, 2.45) is 11.8 Å². The van der Waals surface area contributed by atoms with Crippen molar-refractivity contribution >= 4 is 45.0 Å². The van der Waals surface area contributed by atoms with E-state index in [1.54, 1.807) is 4.68 Å². The zero-order chi connectivity index (χ0) is 23.3. The van der Waals surface area contributed by atoms with Crippen molar-refractivity contribution in [3.63, 3.8) is 0 Å². The summed E-state index contributed by atoms with van der Waals surface area (Å²) < 4.78 is 32.1. The number of carbonyl (C=O) groups excluding carboxylic acids is 2. The average Bonchev–Trinajstić information content (AvgIpc) is 3.32. The number of rotatable bonds is 7. The summed E-state index contributed by atoms with van der Waals surface area (Å²) in [6.07, 6.45) is 6.78. The second-order valence-electron chi connectivity index (χ2n) is 8.65. The number of benzene rings is 1. The molecular weight excluding hydrogens is 488 g/mol. The van der Waals surface area contributed by atoms with Crippen LogP contribution in [0.5, 0.6) is 0 Å². The Bertz CT molecular complexity index is 1290. The average molecular weight is 509 g/mol. The van der Waals surface area contributed by atoms with Gasteiger partial charge in [0.2, 0.25) is 5.16 Å². The van der Waals surface area contributed by atoms with Gasteiger partial charge in [-0.25, -0.2) is 17.9 Å². The zero-order valence-electron chi connectivity index (χ0n) is 17.7. The standard InChI is InChI=1S/C21H21ClN4O5S2/c1-33(29,30)18-7-6-14(20(28)31-17-9-16(27)11-2-3-12(17)8-11)19(22)15(18)10-32-21-23-24-25-26(21)13-4-5-13/h6-7,9,11-13H,2-5,8,10H2,1H3. The summed E-state index contributed by atoms with van der Waals surface area (Å²) in [6, 6.07) is 2.98. The van der Waals surface area contributed by atoms with Gasteiger partial charge in [-0.15, -0.1) is 5.10 Å². The minimum Gasteiger partial charge on any atom is -0.427 e. The van der Waals surface area contributed by atoms with E-state index in [9.17, 15) is 18.0 Å². The Balaban J connectivity index is 1.43. The van der Waals surface area contributed by atoms with Gasteiger partial charge in [0.05, 0.1) is 21.5 Å². The summed E-state index contributed by atoms with van der Waals surface area (Å²) in [4.78, 5) is 25.1. The molecule has 0 radical (unpaired) electrons. The molecule has 33 heavy (non-hydrogen) atoms. The molecule has 9 nitrogen and oxygen atoms in total. The number of allylic oxidation sites excluding steroid dienone is 2. The van der Waals surface area contributed by atoms with Gasteiger partial charge in [0.15, 0.2) is 15.6 Å². The van der Waals surface area contributed by atoms with E-state index in [2.05, 4.69) is 15.5 Å². The molecule has 2 unspecified atom stereocenters. The molecule has 5 rings (SSSR count). The zero-order valence-corrected chi connectivity index (χ0v) is 20.1. The minimum atomic E-state index is -3.61. The molecule has 3 aliphatic carbocycles. The van der Waals surface area contributed by atoms with Crippen LogP contribution in [0, 0.1) is 11.8 Å². The van der Waals surface area contributed by atoms with Gasteiger partial charge in [-0.3, -0.25) is 4.79 Å². The molecule has 12 heteroatoms. The van der Waals surface area contributed by atoms with Crippen LogP contribution in [0.2, 0.25) is 5.02 Å². The van der Waals surface area contributed by atoms with Crippen molar-refractivity contribution < 1.29 is 22.7 Å². The number of hydrogen-bond donors (Lipinski definition) is 0. The molecule has 1 aromatic carbocycles. The molecule has 0 spiro atoms. The fraction of sp³-hybridized carbons (Fsp3) is 0.476. The van der Waals surface area contributed by atoms with Gasteiger partial charge in [0.1, 0.15) is 5.76 Å². The van der Waals surface area contributed by atoms with Crippen LogP contribution in [0.15, 0.2) is 34.0 Å². The van der Waals surface area contributed by atoms with Crippen LogP contribution in [0.4, 0.5) is 0 Å². The first-order valence-corrected chi connectivity index (χ1v) is 13.9. The molecular formula is C21H21ClN4O5S2. The number of halogens is 1. The van der Waals surface area contributed by atoms with E-state index < -0.39 is 15.8 Å². The Kier molecular flexibility index (Phi) is 5.82. The number of esters is 1. The Labute approximate surface area is 199 Å². The number of aromatic nitrogens is 4. The van der Waals surface area contributed by atoms with E-state index in [1.807, 2.05) is 0 Å². The first-order valence-electron chi connectivity index (χ1n) is 10.6. The summed E-state index contributed by atoms with van der Waals surface area (Å²) in [5, 5.41) is 12.3. The number of ether oxygens (including phenoxy) is 1. The summed E-state index contributed by atoms with van der Waals surface area (Å²) in [5.41, 5.74) is 0.341. The first kappa shape index (κ1) is 22.5. The monoisotopic (exact) mass is 508 g/mol. The lowest BCUT2D eigenvalue weighted by Gasteiger charge is -2.20. The predicted octanol–water partition coefficient (Wildman–Crippen LogP) is 3.40. The normalized spacial score (nSPS) is 22.4. The molecule has 2 bridgehead atoms. The highest BCUT2D eigenvalue weighted by Crippen LogP contribution is 2.42. The van der Waals surface area contributed by atoms with E-state index in [-0.39, 0.29) is 44.9 Å². The molecule has 1 aromatic heterocycles. The Morgan fingerprint density at radius 1 is 1.24 bits per heavy atom. The van der Waals surface area contributed by atoms with Crippen LogP contribution >= 0.6 is 23.4 Å². The van der Waals surface area contributed by atoms with Gasteiger partial charge >= 0.3 is 5.97 Å². The molecule has 0 saturated heterocycles. The van der Waals surface area contributed by atoms with Crippen LogP contribution in [-0.2, 0) is 25.1 Å². The lowest BCUT2D eigenvalue weighted by molar-refractivity contribution is -0.118. The third-order valence-electron chi connectivity index (χ3n) is 6.25. The molecule has 1 heterocycles. The first-order chi connectivity index (χ1) is 15.7. The fourth-order valence-electron chi connectivity index (χ4n) is 4.36. The maximum Gasteiger partial charge on any atom is 0.344 e. The SMILES string of the molecule is CS(=O)(=O)c1ccc(C(=O)OC2=CC(=O)C3CCC2C3)c(Cl)c1CSc1nnnn1C1CC1. The molecule has 2 fully saturated rings. The Hall–Kier alpha value is -2.24. The molecule has 0 amide bonds. The highest BCUT2D eigenvalue weighted by atomic mass is 35.5. The number of nitrogens with zero attached hydrogens (tertiary/aromatic N) is 4. The van der Waals surface area contributed by atoms with Gasteiger partial charge in [0, 0.05) is 35.5 Å². The largest absolute Gasteiger partial charge is 0.427 e. The van der Waals surface area contributed by atoms with E-state index >= 15 is 0 Å². The van der Waals surface area contributed by atoms with Crippen molar-refractivity contribution in [2.45, 2.75) is 54.0 Å². The molecule has 3 aliphatic rings. The lowest BCUT2D eigenvalue weighted by atomic mass is 9.93. The third-order valence-corrected chi connectivity index (χ3v) is 8.83. The van der Waals surface area contributed by atoms with Gasteiger partial charge in [-0.2, -0.15) is 0 Å². The van der Waals surface area contributed by atoms with Crippen molar-refractivity contribution in [1.82, 2.24) is 20.2 Å². The van der Waals surface area contributed by atoms with Gasteiger partial charge in [-0.1, -0.05) is 23.4 Å².